The van der Waals surface area contributed by atoms with Crippen LogP contribution in [0.15, 0.2) is 17.3 Å². The smallest absolute Gasteiger partial charge is 0.209 e. The minimum absolute atomic E-state index is 0.124. The van der Waals surface area contributed by atoms with E-state index in [2.05, 4.69) is 48.2 Å². The maximum atomic E-state index is 4.00. The molecule has 0 atom stereocenters. The number of hydrogen-bond acceptors (Lipinski definition) is 5. The summed E-state index contributed by atoms with van der Waals surface area (Å²) < 4.78 is 1.83. The maximum absolute atomic E-state index is 4.00. The first-order valence-electron chi connectivity index (χ1n) is 5.67. The standard InChI is InChI=1S/C11H21N5S/c1-9(2)8-17-10-13-14-15-16(10)7-6-12-11(3,4)5/h12H,1,6-8H2,2-5H3. The highest BCUT2D eigenvalue weighted by Gasteiger charge is 2.10. The zero-order valence-electron chi connectivity index (χ0n) is 11.0. The molecule has 0 fully saturated rings. The van der Waals surface area contributed by atoms with E-state index in [9.17, 15) is 0 Å². The Hall–Kier alpha value is -0.880. The predicted molar refractivity (Wildman–Crippen MR) is 71.1 cm³/mol. The van der Waals surface area contributed by atoms with Crippen LogP contribution in [0.3, 0.4) is 0 Å². The van der Waals surface area contributed by atoms with E-state index in [-0.39, 0.29) is 5.54 Å². The van der Waals surface area contributed by atoms with E-state index in [0.29, 0.717) is 0 Å². The van der Waals surface area contributed by atoms with Crippen LogP contribution in [0.4, 0.5) is 0 Å². The summed E-state index contributed by atoms with van der Waals surface area (Å²) >= 11 is 1.62. The molecule has 0 saturated heterocycles. The highest BCUT2D eigenvalue weighted by atomic mass is 32.2. The molecule has 0 bridgehead atoms. The SMILES string of the molecule is C=C(C)CSc1nnnn1CCNC(C)(C)C. The van der Waals surface area contributed by atoms with Crippen molar-refractivity contribution in [2.75, 3.05) is 12.3 Å². The number of nitrogens with one attached hydrogen (secondary N) is 1. The average Bonchev–Trinajstić information content (AvgIpc) is 2.60. The van der Waals surface area contributed by atoms with Crippen LogP contribution >= 0.6 is 11.8 Å². The number of thioether (sulfide) groups is 1. The van der Waals surface area contributed by atoms with E-state index in [4.69, 9.17) is 0 Å². The molecule has 0 radical (unpaired) electrons. The number of tetrazole rings is 1. The molecule has 0 saturated carbocycles. The minimum atomic E-state index is 0.124. The molecule has 0 unspecified atom stereocenters. The second-order valence-corrected chi connectivity index (χ2v) is 6.05. The van der Waals surface area contributed by atoms with Crippen molar-refractivity contribution in [2.24, 2.45) is 0 Å². The Morgan fingerprint density at radius 3 is 2.76 bits per heavy atom. The minimum Gasteiger partial charge on any atom is -0.310 e. The van der Waals surface area contributed by atoms with E-state index in [0.717, 1.165) is 29.6 Å². The zero-order chi connectivity index (χ0) is 12.9. The van der Waals surface area contributed by atoms with Gasteiger partial charge in [0.25, 0.3) is 0 Å². The molecule has 0 aliphatic rings. The topological polar surface area (TPSA) is 55.6 Å². The van der Waals surface area contributed by atoms with Crippen molar-refractivity contribution in [1.29, 1.82) is 0 Å². The van der Waals surface area contributed by atoms with Crippen LogP contribution in [0.5, 0.6) is 0 Å². The fourth-order valence-corrected chi connectivity index (χ4v) is 1.91. The Morgan fingerprint density at radius 1 is 1.47 bits per heavy atom. The van der Waals surface area contributed by atoms with Crippen LogP contribution in [0.25, 0.3) is 0 Å². The Balaban J connectivity index is 2.43. The van der Waals surface area contributed by atoms with Crippen LogP contribution < -0.4 is 5.32 Å². The monoisotopic (exact) mass is 255 g/mol. The largest absolute Gasteiger partial charge is 0.310 e. The summed E-state index contributed by atoms with van der Waals surface area (Å²) in [5, 5.41) is 15.9. The van der Waals surface area contributed by atoms with Gasteiger partial charge in [0, 0.05) is 17.8 Å². The van der Waals surface area contributed by atoms with Crippen LogP contribution in [0.2, 0.25) is 0 Å². The lowest BCUT2D eigenvalue weighted by atomic mass is 10.1. The molecule has 1 N–H and O–H groups in total. The molecule has 1 rings (SSSR count). The summed E-state index contributed by atoms with van der Waals surface area (Å²) in [4.78, 5) is 0. The van der Waals surface area contributed by atoms with Crippen LogP contribution in [-0.2, 0) is 6.54 Å². The zero-order valence-corrected chi connectivity index (χ0v) is 11.8. The summed E-state index contributed by atoms with van der Waals surface area (Å²) in [7, 11) is 0. The van der Waals surface area contributed by atoms with Crippen LogP contribution in [0.1, 0.15) is 27.7 Å². The van der Waals surface area contributed by atoms with Gasteiger partial charge in [-0.15, -0.1) is 5.10 Å². The lowest BCUT2D eigenvalue weighted by Gasteiger charge is -2.20. The quantitative estimate of drug-likeness (QED) is 0.620. The number of nitrogens with zero attached hydrogens (tertiary/aromatic N) is 4. The van der Waals surface area contributed by atoms with Gasteiger partial charge in [-0.3, -0.25) is 0 Å². The molecule has 96 valence electrons. The predicted octanol–water partition coefficient (Wildman–Crippen LogP) is 1.73. The highest BCUT2D eigenvalue weighted by Crippen LogP contribution is 2.15. The third-order valence-electron chi connectivity index (χ3n) is 1.93. The van der Waals surface area contributed by atoms with Crippen molar-refractivity contribution in [2.45, 2.75) is 44.9 Å². The Morgan fingerprint density at radius 2 is 2.18 bits per heavy atom. The van der Waals surface area contributed by atoms with Gasteiger partial charge in [0.05, 0.1) is 6.54 Å². The van der Waals surface area contributed by atoms with Gasteiger partial charge in [0.1, 0.15) is 0 Å². The third kappa shape index (κ3) is 5.83. The lowest BCUT2D eigenvalue weighted by Crippen LogP contribution is -2.38. The molecule has 5 nitrogen and oxygen atoms in total. The summed E-state index contributed by atoms with van der Waals surface area (Å²) in [5.41, 5.74) is 1.25. The van der Waals surface area contributed by atoms with Crippen LogP contribution in [0, 0.1) is 0 Å². The summed E-state index contributed by atoms with van der Waals surface area (Å²) in [6.45, 7) is 13.9. The van der Waals surface area contributed by atoms with E-state index >= 15 is 0 Å². The first-order valence-corrected chi connectivity index (χ1v) is 6.65. The van der Waals surface area contributed by atoms with Gasteiger partial charge in [-0.1, -0.05) is 23.9 Å². The van der Waals surface area contributed by atoms with Crippen molar-refractivity contribution in [3.05, 3.63) is 12.2 Å². The normalized spacial score (nSPS) is 11.8. The molecule has 17 heavy (non-hydrogen) atoms. The summed E-state index contributed by atoms with van der Waals surface area (Å²) in [5.74, 6) is 0.854. The highest BCUT2D eigenvalue weighted by molar-refractivity contribution is 7.99. The first kappa shape index (κ1) is 14.2. The molecule has 0 amide bonds. The molecular weight excluding hydrogens is 234 g/mol. The molecular formula is C11H21N5S. The first-order chi connectivity index (χ1) is 7.88. The summed E-state index contributed by atoms with van der Waals surface area (Å²) in [6.07, 6.45) is 0. The third-order valence-corrected chi connectivity index (χ3v) is 3.11. The van der Waals surface area contributed by atoms with Gasteiger partial charge in [-0.2, -0.15) is 0 Å². The van der Waals surface area contributed by atoms with Gasteiger partial charge in [0.2, 0.25) is 5.16 Å². The molecule has 1 aromatic heterocycles. The molecule has 1 aromatic rings. The van der Waals surface area contributed by atoms with Gasteiger partial charge >= 0.3 is 0 Å². The fraction of sp³-hybridized carbons (Fsp3) is 0.727. The lowest BCUT2D eigenvalue weighted by molar-refractivity contribution is 0.396. The fourth-order valence-electron chi connectivity index (χ4n) is 1.16. The van der Waals surface area contributed by atoms with E-state index in [1.54, 1.807) is 11.8 Å². The van der Waals surface area contributed by atoms with Crippen molar-refractivity contribution in [3.63, 3.8) is 0 Å². The number of aromatic nitrogens is 4. The van der Waals surface area contributed by atoms with Gasteiger partial charge in [-0.05, 0) is 38.1 Å². The van der Waals surface area contributed by atoms with Crippen molar-refractivity contribution < 1.29 is 0 Å². The van der Waals surface area contributed by atoms with Crippen molar-refractivity contribution >= 4 is 11.8 Å². The van der Waals surface area contributed by atoms with Crippen molar-refractivity contribution in [3.8, 4) is 0 Å². The van der Waals surface area contributed by atoms with E-state index in [1.165, 1.54) is 0 Å². The summed E-state index contributed by atoms with van der Waals surface area (Å²) in [6, 6.07) is 0. The van der Waals surface area contributed by atoms with Gasteiger partial charge in [-0.25, -0.2) is 4.68 Å². The maximum Gasteiger partial charge on any atom is 0.209 e. The van der Waals surface area contributed by atoms with E-state index in [1.807, 2.05) is 11.6 Å². The van der Waals surface area contributed by atoms with Gasteiger partial charge < -0.3 is 5.32 Å². The molecule has 0 aromatic carbocycles. The number of rotatable bonds is 6. The number of hydrogen-bond donors (Lipinski definition) is 1. The molecule has 0 spiro atoms. The second kappa shape index (κ2) is 6.16. The van der Waals surface area contributed by atoms with Gasteiger partial charge in [0.15, 0.2) is 0 Å². The second-order valence-electron chi connectivity index (χ2n) is 5.11. The molecule has 1 heterocycles. The average molecular weight is 255 g/mol. The van der Waals surface area contributed by atoms with Crippen LogP contribution in [-0.4, -0.2) is 38.0 Å². The van der Waals surface area contributed by atoms with Crippen molar-refractivity contribution in [1.82, 2.24) is 25.5 Å². The Kier molecular flexibility index (Phi) is 5.14. The van der Waals surface area contributed by atoms with E-state index < -0.39 is 0 Å². The molecule has 6 heteroatoms. The molecule has 0 aliphatic carbocycles. The molecule has 0 aliphatic heterocycles. The Labute approximate surface area is 107 Å². The Bertz CT molecular complexity index is 366.